The van der Waals surface area contributed by atoms with Crippen LogP contribution in [0.2, 0.25) is 0 Å². The molecule has 0 aliphatic heterocycles. The van der Waals surface area contributed by atoms with Crippen LogP contribution in [0.1, 0.15) is 38.5 Å². The number of hydrogen-bond acceptors (Lipinski definition) is 1. The largest absolute Gasteiger partial charge is 0.293 e. The summed E-state index contributed by atoms with van der Waals surface area (Å²) >= 11 is 0. The van der Waals surface area contributed by atoms with Crippen LogP contribution in [0.25, 0.3) is 11.1 Å². The Morgan fingerprint density at radius 2 is 0.806 bits per heavy atom. The summed E-state index contributed by atoms with van der Waals surface area (Å²) in [5.41, 5.74) is 10.3. The molecular weight excluding hydrogens is 436 g/mol. The van der Waals surface area contributed by atoms with E-state index in [0.29, 0.717) is 5.56 Å². The predicted octanol–water partition coefficient (Wildman–Crippen LogP) is 8.47. The SMILES string of the molecule is O=C(c1ccccc1)C(C(=C=C(c1ccccc1)c1ccccc1)c1ccccc1)c1ccccc1. The molecule has 5 aromatic rings. The highest BCUT2D eigenvalue weighted by Crippen LogP contribution is 2.36. The van der Waals surface area contributed by atoms with Crippen molar-refractivity contribution in [3.63, 3.8) is 0 Å². The summed E-state index contributed by atoms with van der Waals surface area (Å²) in [5, 5.41) is 0. The van der Waals surface area contributed by atoms with Crippen LogP contribution < -0.4 is 0 Å². The third kappa shape index (κ3) is 5.18. The maximum Gasteiger partial charge on any atom is 0.175 e. The van der Waals surface area contributed by atoms with E-state index in [9.17, 15) is 4.79 Å². The molecule has 0 aromatic heterocycles. The van der Waals surface area contributed by atoms with Crippen molar-refractivity contribution < 1.29 is 4.79 Å². The Bertz CT molecular complexity index is 1440. The quantitative estimate of drug-likeness (QED) is 0.175. The minimum absolute atomic E-state index is 0.0497. The standard InChI is InChI=1S/C35H26O/c36-35(31-24-14-5-15-25-31)34(30-22-12-4-13-23-30)33(29-20-10-3-11-21-29)26-32(27-16-6-1-7-17-27)28-18-8-2-9-19-28/h1-25,34H. The molecule has 0 heterocycles. The molecule has 1 atom stereocenters. The van der Waals surface area contributed by atoms with Crippen LogP contribution in [0.3, 0.4) is 0 Å². The summed E-state index contributed by atoms with van der Waals surface area (Å²) in [6.45, 7) is 0. The summed E-state index contributed by atoms with van der Waals surface area (Å²) in [6.07, 6.45) is 0. The van der Waals surface area contributed by atoms with Crippen molar-refractivity contribution in [1.29, 1.82) is 0 Å². The number of allylic oxidation sites excluding steroid dienone is 1. The van der Waals surface area contributed by atoms with E-state index in [1.165, 1.54) is 0 Å². The second kappa shape index (κ2) is 11.1. The molecule has 0 saturated heterocycles. The first kappa shape index (κ1) is 23.1. The number of carbonyl (C=O) groups is 1. The summed E-state index contributed by atoms with van der Waals surface area (Å²) in [6, 6.07) is 50.2. The van der Waals surface area contributed by atoms with Crippen LogP contribution in [0.15, 0.2) is 157 Å². The van der Waals surface area contributed by atoms with Crippen molar-refractivity contribution in [3.05, 3.63) is 185 Å². The normalized spacial score (nSPS) is 11.2. The lowest BCUT2D eigenvalue weighted by Gasteiger charge is -2.20. The van der Waals surface area contributed by atoms with Crippen LogP contribution in [0.5, 0.6) is 0 Å². The molecule has 0 amide bonds. The highest BCUT2D eigenvalue weighted by Gasteiger charge is 2.27. The predicted molar refractivity (Wildman–Crippen MR) is 149 cm³/mol. The minimum Gasteiger partial charge on any atom is -0.293 e. The Kier molecular flexibility index (Phi) is 7.14. The first-order valence-corrected chi connectivity index (χ1v) is 12.1. The van der Waals surface area contributed by atoms with E-state index in [2.05, 4.69) is 42.1 Å². The van der Waals surface area contributed by atoms with Crippen molar-refractivity contribution in [2.24, 2.45) is 0 Å². The molecule has 1 unspecified atom stereocenters. The number of ketones is 1. The van der Waals surface area contributed by atoms with E-state index in [-0.39, 0.29) is 5.78 Å². The number of hydrogen-bond donors (Lipinski definition) is 0. The van der Waals surface area contributed by atoms with Gasteiger partial charge in [-0.2, -0.15) is 0 Å². The van der Waals surface area contributed by atoms with Crippen molar-refractivity contribution in [1.82, 2.24) is 0 Å². The summed E-state index contributed by atoms with van der Waals surface area (Å²) < 4.78 is 0. The van der Waals surface area contributed by atoms with Gasteiger partial charge in [0.1, 0.15) is 0 Å². The van der Waals surface area contributed by atoms with Gasteiger partial charge in [-0.1, -0.05) is 152 Å². The van der Waals surface area contributed by atoms with Gasteiger partial charge in [-0.25, -0.2) is 0 Å². The third-order valence-electron chi connectivity index (χ3n) is 6.21. The molecule has 5 rings (SSSR count). The molecule has 0 aliphatic carbocycles. The van der Waals surface area contributed by atoms with Gasteiger partial charge in [0, 0.05) is 16.7 Å². The molecule has 36 heavy (non-hydrogen) atoms. The number of rotatable bonds is 7. The van der Waals surface area contributed by atoms with Crippen LogP contribution in [-0.4, -0.2) is 5.78 Å². The smallest absolute Gasteiger partial charge is 0.175 e. The van der Waals surface area contributed by atoms with E-state index in [0.717, 1.165) is 33.4 Å². The van der Waals surface area contributed by atoms with Gasteiger partial charge in [0.15, 0.2) is 5.78 Å². The monoisotopic (exact) mass is 462 g/mol. The molecule has 0 aliphatic rings. The molecule has 0 radical (unpaired) electrons. The third-order valence-corrected chi connectivity index (χ3v) is 6.21. The van der Waals surface area contributed by atoms with E-state index < -0.39 is 5.92 Å². The van der Waals surface area contributed by atoms with E-state index in [4.69, 9.17) is 0 Å². The van der Waals surface area contributed by atoms with Gasteiger partial charge < -0.3 is 0 Å². The molecule has 1 nitrogen and oxygen atoms in total. The van der Waals surface area contributed by atoms with Crippen LogP contribution >= 0.6 is 0 Å². The Balaban J connectivity index is 1.85. The number of benzene rings is 5. The Hall–Kier alpha value is -4.71. The van der Waals surface area contributed by atoms with Crippen LogP contribution in [0.4, 0.5) is 0 Å². The second-order valence-corrected chi connectivity index (χ2v) is 8.59. The summed E-state index contributed by atoms with van der Waals surface area (Å²) in [7, 11) is 0. The summed E-state index contributed by atoms with van der Waals surface area (Å²) in [5.74, 6) is -0.466. The van der Waals surface area contributed by atoms with Crippen LogP contribution in [-0.2, 0) is 0 Å². The van der Waals surface area contributed by atoms with Crippen molar-refractivity contribution in [2.75, 3.05) is 0 Å². The van der Waals surface area contributed by atoms with Gasteiger partial charge in [-0.05, 0) is 22.3 Å². The van der Waals surface area contributed by atoms with E-state index >= 15 is 0 Å². The Morgan fingerprint density at radius 1 is 0.444 bits per heavy atom. The lowest BCUT2D eigenvalue weighted by molar-refractivity contribution is 0.0979. The average molecular weight is 463 g/mol. The lowest BCUT2D eigenvalue weighted by Crippen LogP contribution is -2.15. The zero-order valence-corrected chi connectivity index (χ0v) is 19.9. The number of Topliss-reactive ketones (excluding diaryl/α,β-unsaturated/α-hetero) is 1. The molecular formula is C35H26O. The van der Waals surface area contributed by atoms with E-state index in [1.54, 1.807) is 0 Å². The van der Waals surface area contributed by atoms with Gasteiger partial charge in [-0.3, -0.25) is 4.79 Å². The molecule has 5 aromatic carbocycles. The zero-order chi connectivity index (χ0) is 24.6. The van der Waals surface area contributed by atoms with Gasteiger partial charge >= 0.3 is 0 Å². The topological polar surface area (TPSA) is 17.1 Å². The first-order chi connectivity index (χ1) is 17.8. The van der Waals surface area contributed by atoms with Crippen molar-refractivity contribution in [3.8, 4) is 0 Å². The zero-order valence-electron chi connectivity index (χ0n) is 19.9. The highest BCUT2D eigenvalue weighted by molar-refractivity contribution is 6.09. The fraction of sp³-hybridized carbons (Fsp3) is 0.0286. The Morgan fingerprint density at radius 3 is 1.25 bits per heavy atom. The van der Waals surface area contributed by atoms with Gasteiger partial charge in [0.25, 0.3) is 0 Å². The maximum atomic E-state index is 14.1. The molecule has 0 saturated carbocycles. The number of carbonyl (C=O) groups excluding carboxylic acids is 1. The van der Waals surface area contributed by atoms with Gasteiger partial charge in [0.05, 0.1) is 5.92 Å². The van der Waals surface area contributed by atoms with Crippen LogP contribution in [0, 0.1) is 0 Å². The Labute approximate surface area is 212 Å². The molecule has 0 bridgehead atoms. The van der Waals surface area contributed by atoms with Crippen molar-refractivity contribution in [2.45, 2.75) is 5.92 Å². The fourth-order valence-electron chi connectivity index (χ4n) is 4.45. The van der Waals surface area contributed by atoms with Gasteiger partial charge in [-0.15, -0.1) is 5.73 Å². The molecule has 1 heteroatoms. The van der Waals surface area contributed by atoms with E-state index in [1.807, 2.05) is 115 Å². The second-order valence-electron chi connectivity index (χ2n) is 8.59. The average Bonchev–Trinajstić information content (AvgIpc) is 2.97. The fourth-order valence-corrected chi connectivity index (χ4v) is 4.45. The highest BCUT2D eigenvalue weighted by atomic mass is 16.1. The minimum atomic E-state index is -0.515. The maximum absolute atomic E-state index is 14.1. The van der Waals surface area contributed by atoms with Crippen molar-refractivity contribution >= 4 is 16.9 Å². The molecule has 172 valence electrons. The first-order valence-electron chi connectivity index (χ1n) is 12.1. The molecule has 0 N–H and O–H groups in total. The lowest BCUT2D eigenvalue weighted by atomic mass is 9.81. The molecule has 0 spiro atoms. The summed E-state index contributed by atoms with van der Waals surface area (Å²) in [4.78, 5) is 14.1. The van der Waals surface area contributed by atoms with Gasteiger partial charge in [0.2, 0.25) is 0 Å². The molecule has 0 fully saturated rings.